The number of esters is 1. The van der Waals surface area contributed by atoms with E-state index in [9.17, 15) is 4.79 Å². The Labute approximate surface area is 209 Å². The van der Waals surface area contributed by atoms with E-state index in [0.717, 1.165) is 12.8 Å². The van der Waals surface area contributed by atoms with Crippen LogP contribution < -0.4 is 9.47 Å². The quantitative estimate of drug-likeness (QED) is 0.136. The van der Waals surface area contributed by atoms with Gasteiger partial charge in [0.05, 0.1) is 24.1 Å². The molecule has 0 amide bonds. The van der Waals surface area contributed by atoms with Gasteiger partial charge in [-0.15, -0.1) is 0 Å². The summed E-state index contributed by atoms with van der Waals surface area (Å²) < 4.78 is 11.8. The molecule has 0 bridgehead atoms. The van der Waals surface area contributed by atoms with E-state index in [1.807, 2.05) is 36.4 Å². The first kappa shape index (κ1) is 26.4. The van der Waals surface area contributed by atoms with Crippen LogP contribution in [0.5, 0.6) is 11.5 Å². The van der Waals surface area contributed by atoms with Gasteiger partial charge in [-0.1, -0.05) is 71.4 Å². The maximum absolute atomic E-state index is 12.9. The van der Waals surface area contributed by atoms with Crippen LogP contribution in [0.25, 0.3) is 11.3 Å². The lowest BCUT2D eigenvalue weighted by Gasteiger charge is -2.14. The Hall–Kier alpha value is -3.21. The Morgan fingerprint density at radius 3 is 2.43 bits per heavy atom. The van der Waals surface area contributed by atoms with Crippen molar-refractivity contribution >= 4 is 5.97 Å². The summed E-state index contributed by atoms with van der Waals surface area (Å²) in [4.78, 5) is 21.5. The Bertz CT molecular complexity index is 1040. The van der Waals surface area contributed by atoms with Gasteiger partial charge in [0, 0.05) is 18.0 Å². The Kier molecular flexibility index (Phi) is 10.7. The van der Waals surface area contributed by atoms with E-state index in [4.69, 9.17) is 9.47 Å². The van der Waals surface area contributed by atoms with Crippen molar-refractivity contribution < 1.29 is 14.3 Å². The monoisotopic (exact) mass is 474 g/mol. The molecule has 3 aromatic rings. The number of hydrogen-bond acceptors (Lipinski definition) is 5. The van der Waals surface area contributed by atoms with E-state index in [2.05, 4.69) is 30.7 Å². The number of aryl methyl sites for hydroxylation is 1. The molecule has 1 unspecified atom stereocenters. The third-order valence-electron chi connectivity index (χ3n) is 6.23. The average Bonchev–Trinajstić information content (AvgIpc) is 2.90. The summed E-state index contributed by atoms with van der Waals surface area (Å²) in [5.41, 5.74) is 3.07. The van der Waals surface area contributed by atoms with Gasteiger partial charge in [0.25, 0.3) is 0 Å². The van der Waals surface area contributed by atoms with Crippen molar-refractivity contribution in [1.29, 1.82) is 0 Å². The maximum Gasteiger partial charge on any atom is 0.343 e. The second-order valence-electron chi connectivity index (χ2n) is 9.18. The van der Waals surface area contributed by atoms with Crippen LogP contribution in [0.15, 0.2) is 61.1 Å². The zero-order chi connectivity index (χ0) is 24.9. The number of aromatic nitrogens is 2. The minimum atomic E-state index is -0.394. The molecule has 5 nitrogen and oxygen atoms in total. The highest BCUT2D eigenvalue weighted by Gasteiger charge is 2.16. The van der Waals surface area contributed by atoms with Gasteiger partial charge >= 0.3 is 5.97 Å². The molecule has 0 aliphatic carbocycles. The fourth-order valence-corrected chi connectivity index (χ4v) is 3.76. The molecule has 0 radical (unpaired) electrons. The molecule has 186 valence electrons. The molecule has 0 fully saturated rings. The van der Waals surface area contributed by atoms with E-state index >= 15 is 0 Å². The highest BCUT2D eigenvalue weighted by atomic mass is 16.5. The van der Waals surface area contributed by atoms with Crippen LogP contribution in [0.2, 0.25) is 0 Å². The van der Waals surface area contributed by atoms with Crippen LogP contribution in [-0.4, -0.2) is 22.5 Å². The second-order valence-corrected chi connectivity index (χ2v) is 9.18. The Balaban J connectivity index is 1.66. The molecule has 2 aromatic carbocycles. The summed E-state index contributed by atoms with van der Waals surface area (Å²) in [6.45, 7) is 7.16. The van der Waals surface area contributed by atoms with Crippen molar-refractivity contribution in [1.82, 2.24) is 9.97 Å². The van der Waals surface area contributed by atoms with Gasteiger partial charge in [0.15, 0.2) is 0 Å². The fourth-order valence-electron chi connectivity index (χ4n) is 3.76. The molecule has 0 spiro atoms. The van der Waals surface area contributed by atoms with Gasteiger partial charge < -0.3 is 9.47 Å². The summed E-state index contributed by atoms with van der Waals surface area (Å²) in [5.74, 6) is 1.21. The fraction of sp³-hybridized carbons (Fsp3) is 0.433. The van der Waals surface area contributed by atoms with Crippen molar-refractivity contribution in [3.8, 4) is 22.8 Å². The molecular formula is C30H38N2O3. The number of ether oxygens (including phenoxy) is 2. The first-order chi connectivity index (χ1) is 17.1. The summed E-state index contributed by atoms with van der Waals surface area (Å²) in [6, 6.07) is 13.2. The number of hydrogen-bond donors (Lipinski definition) is 0. The summed E-state index contributed by atoms with van der Waals surface area (Å²) in [7, 11) is 0. The van der Waals surface area contributed by atoms with Gasteiger partial charge in [0.2, 0.25) is 0 Å². The highest BCUT2D eigenvalue weighted by molar-refractivity contribution is 5.92. The summed E-state index contributed by atoms with van der Waals surface area (Å²) >= 11 is 0. The van der Waals surface area contributed by atoms with Gasteiger partial charge in [-0.2, -0.15) is 0 Å². The third-order valence-corrected chi connectivity index (χ3v) is 6.23. The minimum absolute atomic E-state index is 0.394. The van der Waals surface area contributed by atoms with E-state index in [-0.39, 0.29) is 0 Å². The zero-order valence-electron chi connectivity index (χ0n) is 21.3. The molecule has 0 aliphatic rings. The molecule has 0 saturated heterocycles. The van der Waals surface area contributed by atoms with E-state index < -0.39 is 5.97 Å². The SMILES string of the molecule is CCCCCCCCc1ccc(C(=O)Oc2ccc(OCC(C)CC)cc2-c2cnccn2)cc1. The summed E-state index contributed by atoms with van der Waals surface area (Å²) in [6.07, 6.45) is 14.6. The maximum atomic E-state index is 12.9. The lowest BCUT2D eigenvalue weighted by Crippen LogP contribution is -2.10. The van der Waals surface area contributed by atoms with Crippen molar-refractivity contribution in [3.05, 3.63) is 72.2 Å². The predicted molar refractivity (Wildman–Crippen MR) is 141 cm³/mol. The van der Waals surface area contributed by atoms with Crippen molar-refractivity contribution in [2.24, 2.45) is 5.92 Å². The largest absolute Gasteiger partial charge is 0.493 e. The van der Waals surface area contributed by atoms with Crippen LogP contribution in [0.4, 0.5) is 0 Å². The lowest BCUT2D eigenvalue weighted by atomic mass is 10.0. The van der Waals surface area contributed by atoms with Crippen molar-refractivity contribution in [3.63, 3.8) is 0 Å². The number of carbonyl (C=O) groups excluding carboxylic acids is 1. The number of nitrogens with zero attached hydrogens (tertiary/aromatic N) is 2. The zero-order valence-corrected chi connectivity index (χ0v) is 21.3. The molecule has 0 saturated carbocycles. The minimum Gasteiger partial charge on any atom is -0.493 e. The average molecular weight is 475 g/mol. The van der Waals surface area contributed by atoms with Crippen LogP contribution in [-0.2, 0) is 6.42 Å². The van der Waals surface area contributed by atoms with E-state index in [1.54, 1.807) is 24.7 Å². The molecule has 3 rings (SSSR count). The first-order valence-electron chi connectivity index (χ1n) is 12.9. The van der Waals surface area contributed by atoms with Gasteiger partial charge in [0.1, 0.15) is 11.5 Å². The number of rotatable bonds is 14. The van der Waals surface area contributed by atoms with Crippen LogP contribution in [0, 0.1) is 5.92 Å². The predicted octanol–water partition coefficient (Wildman–Crippen LogP) is 7.69. The standard InChI is InChI=1S/C30H38N2O3/c1-4-6-7-8-9-10-11-24-12-14-25(15-13-24)30(33)35-29-17-16-26(34-22-23(3)5-2)20-27(29)28-21-31-18-19-32-28/h12-21,23H,4-11,22H2,1-3H3. The van der Waals surface area contributed by atoms with Gasteiger partial charge in [-0.3, -0.25) is 9.97 Å². The number of benzene rings is 2. The molecule has 0 aliphatic heterocycles. The van der Waals surface area contributed by atoms with Crippen LogP contribution in [0.1, 0.15) is 81.6 Å². The molecule has 0 N–H and O–H groups in total. The molecular weight excluding hydrogens is 436 g/mol. The smallest absolute Gasteiger partial charge is 0.343 e. The number of unbranched alkanes of at least 4 members (excludes halogenated alkanes) is 5. The molecule has 5 heteroatoms. The third kappa shape index (κ3) is 8.50. The van der Waals surface area contributed by atoms with Crippen LogP contribution >= 0.6 is 0 Å². The molecule has 1 heterocycles. The molecule has 1 atom stereocenters. The topological polar surface area (TPSA) is 61.3 Å². The van der Waals surface area contributed by atoms with Gasteiger partial charge in [-0.25, -0.2) is 4.79 Å². The summed E-state index contributed by atoms with van der Waals surface area (Å²) in [5, 5.41) is 0. The Morgan fingerprint density at radius 1 is 0.943 bits per heavy atom. The highest BCUT2D eigenvalue weighted by Crippen LogP contribution is 2.33. The first-order valence-corrected chi connectivity index (χ1v) is 12.9. The normalized spacial score (nSPS) is 11.7. The molecule has 1 aromatic heterocycles. The van der Waals surface area contributed by atoms with Gasteiger partial charge in [-0.05, 0) is 54.7 Å². The number of carbonyl (C=O) groups is 1. The Morgan fingerprint density at radius 2 is 1.71 bits per heavy atom. The van der Waals surface area contributed by atoms with Crippen LogP contribution in [0.3, 0.4) is 0 Å². The van der Waals surface area contributed by atoms with Crippen molar-refractivity contribution in [2.45, 2.75) is 72.1 Å². The van der Waals surface area contributed by atoms with E-state index in [0.29, 0.717) is 40.8 Å². The second kappa shape index (κ2) is 14.2. The van der Waals surface area contributed by atoms with Crippen molar-refractivity contribution in [2.75, 3.05) is 6.61 Å². The van der Waals surface area contributed by atoms with E-state index in [1.165, 1.54) is 44.1 Å². The lowest BCUT2D eigenvalue weighted by molar-refractivity contribution is 0.0735. The molecule has 35 heavy (non-hydrogen) atoms.